The van der Waals surface area contributed by atoms with Gasteiger partial charge < -0.3 is 14.2 Å². The van der Waals surface area contributed by atoms with Gasteiger partial charge in [0.05, 0.1) is 19.8 Å². The third kappa shape index (κ3) is 3.72. The van der Waals surface area contributed by atoms with Crippen molar-refractivity contribution in [3.8, 4) is 17.2 Å². The fraction of sp³-hybridized carbons (Fsp3) is 0.188. The molecule has 0 aliphatic heterocycles. The molecule has 0 saturated carbocycles. The van der Waals surface area contributed by atoms with E-state index in [2.05, 4.69) is 0 Å². The molecule has 0 atom stereocenters. The summed E-state index contributed by atoms with van der Waals surface area (Å²) in [5.41, 5.74) is -0.0238. The molecule has 0 N–H and O–H groups in total. The highest BCUT2D eigenvalue weighted by atomic mass is 19.1. The maximum absolute atomic E-state index is 13.7. The van der Waals surface area contributed by atoms with Crippen molar-refractivity contribution in [2.75, 3.05) is 20.8 Å². The quantitative estimate of drug-likeness (QED) is 0.767. The molecule has 110 valence electrons. The summed E-state index contributed by atoms with van der Waals surface area (Å²) in [6.07, 6.45) is 0. The third-order valence-corrected chi connectivity index (χ3v) is 2.91. The molecule has 0 amide bonds. The number of hydrogen-bond donors (Lipinski definition) is 0. The predicted octanol–water partition coefficient (Wildman–Crippen LogP) is 3.10. The second-order valence-electron chi connectivity index (χ2n) is 4.23. The lowest BCUT2D eigenvalue weighted by Gasteiger charge is -2.08. The third-order valence-electron chi connectivity index (χ3n) is 2.91. The Labute approximate surface area is 122 Å². The van der Waals surface area contributed by atoms with Gasteiger partial charge in [-0.2, -0.15) is 0 Å². The molecule has 0 fully saturated rings. The van der Waals surface area contributed by atoms with Crippen LogP contribution in [0, 0.1) is 5.82 Å². The predicted molar refractivity (Wildman–Crippen MR) is 75.8 cm³/mol. The summed E-state index contributed by atoms with van der Waals surface area (Å²) in [6, 6.07) is 10.9. The maximum atomic E-state index is 13.7. The number of ketones is 1. The Morgan fingerprint density at radius 2 is 1.52 bits per heavy atom. The van der Waals surface area contributed by atoms with Gasteiger partial charge in [-0.3, -0.25) is 4.79 Å². The monoisotopic (exact) mass is 290 g/mol. The first-order valence-corrected chi connectivity index (χ1v) is 6.27. The van der Waals surface area contributed by atoms with Crippen LogP contribution in [0.25, 0.3) is 0 Å². The number of ether oxygens (including phenoxy) is 3. The van der Waals surface area contributed by atoms with Crippen molar-refractivity contribution in [3.63, 3.8) is 0 Å². The minimum absolute atomic E-state index is 0.0238. The van der Waals surface area contributed by atoms with Gasteiger partial charge in [0.25, 0.3) is 0 Å². The second-order valence-corrected chi connectivity index (χ2v) is 4.23. The molecule has 2 aromatic carbocycles. The summed E-state index contributed by atoms with van der Waals surface area (Å²) in [5.74, 6) is 0.497. The maximum Gasteiger partial charge on any atom is 0.203 e. The van der Waals surface area contributed by atoms with Crippen LogP contribution in [0.3, 0.4) is 0 Å². The van der Waals surface area contributed by atoms with Gasteiger partial charge in [-0.05, 0) is 36.4 Å². The molecule has 2 aromatic rings. The van der Waals surface area contributed by atoms with Gasteiger partial charge >= 0.3 is 0 Å². The average molecular weight is 290 g/mol. The molecule has 5 heteroatoms. The van der Waals surface area contributed by atoms with Crippen LogP contribution in [-0.4, -0.2) is 26.6 Å². The SMILES string of the molecule is COc1ccc(OCC(=O)c2ccc(OC)cc2F)cc1. The molecule has 0 aromatic heterocycles. The van der Waals surface area contributed by atoms with Gasteiger partial charge in [0.1, 0.15) is 23.1 Å². The van der Waals surface area contributed by atoms with Gasteiger partial charge in [-0.1, -0.05) is 0 Å². The van der Waals surface area contributed by atoms with Crippen LogP contribution in [0.4, 0.5) is 4.39 Å². The van der Waals surface area contributed by atoms with E-state index in [4.69, 9.17) is 14.2 Å². The van der Waals surface area contributed by atoms with Crippen molar-refractivity contribution < 1.29 is 23.4 Å². The Morgan fingerprint density at radius 3 is 2.10 bits per heavy atom. The van der Waals surface area contributed by atoms with Crippen molar-refractivity contribution >= 4 is 5.78 Å². The van der Waals surface area contributed by atoms with E-state index in [0.717, 1.165) is 0 Å². The van der Waals surface area contributed by atoms with E-state index in [1.807, 2.05) is 0 Å². The largest absolute Gasteiger partial charge is 0.497 e. The molecule has 0 heterocycles. The summed E-state index contributed by atoms with van der Waals surface area (Å²) < 4.78 is 29.0. The Balaban J connectivity index is 2.00. The molecule has 0 aliphatic rings. The molecule has 2 rings (SSSR count). The fourth-order valence-corrected chi connectivity index (χ4v) is 1.75. The van der Waals surface area contributed by atoms with E-state index >= 15 is 0 Å². The number of hydrogen-bond acceptors (Lipinski definition) is 4. The van der Waals surface area contributed by atoms with Crippen LogP contribution in [0.2, 0.25) is 0 Å². The number of carbonyl (C=O) groups excluding carboxylic acids is 1. The Hall–Kier alpha value is -2.56. The minimum Gasteiger partial charge on any atom is -0.497 e. The first-order chi connectivity index (χ1) is 10.1. The van der Waals surface area contributed by atoms with E-state index in [-0.39, 0.29) is 12.2 Å². The molecule has 4 nitrogen and oxygen atoms in total. The fourth-order valence-electron chi connectivity index (χ4n) is 1.75. The Bertz CT molecular complexity index is 623. The lowest BCUT2D eigenvalue weighted by atomic mass is 10.1. The van der Waals surface area contributed by atoms with Crippen molar-refractivity contribution in [2.45, 2.75) is 0 Å². The number of benzene rings is 2. The summed E-state index contributed by atoms with van der Waals surface area (Å²) in [5, 5.41) is 0. The van der Waals surface area contributed by atoms with E-state index in [1.54, 1.807) is 31.4 Å². The van der Waals surface area contributed by atoms with Crippen LogP contribution >= 0.6 is 0 Å². The van der Waals surface area contributed by atoms with Gasteiger partial charge in [0, 0.05) is 6.07 Å². The standard InChI is InChI=1S/C16H15FO4/c1-19-11-3-5-12(6-4-11)21-10-16(18)14-8-7-13(20-2)9-15(14)17/h3-9H,10H2,1-2H3. The van der Waals surface area contributed by atoms with Gasteiger partial charge in [0.2, 0.25) is 5.78 Å². The molecular formula is C16H15FO4. The molecule has 21 heavy (non-hydrogen) atoms. The number of halogens is 1. The van der Waals surface area contributed by atoms with E-state index in [0.29, 0.717) is 17.2 Å². The highest BCUT2D eigenvalue weighted by Crippen LogP contribution is 2.19. The average Bonchev–Trinajstić information content (AvgIpc) is 2.52. The van der Waals surface area contributed by atoms with Crippen molar-refractivity contribution in [1.82, 2.24) is 0 Å². The van der Waals surface area contributed by atoms with Gasteiger partial charge in [-0.25, -0.2) is 4.39 Å². The topological polar surface area (TPSA) is 44.8 Å². The van der Waals surface area contributed by atoms with Gasteiger partial charge in [-0.15, -0.1) is 0 Å². The molecule has 0 radical (unpaired) electrons. The highest BCUT2D eigenvalue weighted by Gasteiger charge is 2.13. The van der Waals surface area contributed by atoms with Crippen molar-refractivity contribution in [2.24, 2.45) is 0 Å². The minimum atomic E-state index is -0.627. The van der Waals surface area contributed by atoms with Crippen LogP contribution in [0.5, 0.6) is 17.2 Å². The molecule has 0 saturated heterocycles. The molecule has 0 bridgehead atoms. The van der Waals surface area contributed by atoms with E-state index in [1.165, 1.54) is 25.3 Å². The van der Waals surface area contributed by atoms with Crippen LogP contribution in [0.1, 0.15) is 10.4 Å². The van der Waals surface area contributed by atoms with E-state index in [9.17, 15) is 9.18 Å². The molecule has 0 aliphatic carbocycles. The number of methoxy groups -OCH3 is 2. The van der Waals surface area contributed by atoms with E-state index < -0.39 is 11.6 Å². The number of carbonyl (C=O) groups is 1. The smallest absolute Gasteiger partial charge is 0.203 e. The highest BCUT2D eigenvalue weighted by molar-refractivity contribution is 5.97. The normalized spacial score (nSPS) is 10.0. The summed E-state index contributed by atoms with van der Waals surface area (Å²) >= 11 is 0. The molecule has 0 spiro atoms. The first kappa shape index (κ1) is 14.8. The van der Waals surface area contributed by atoms with Crippen molar-refractivity contribution in [3.05, 3.63) is 53.8 Å². The Kier molecular flexibility index (Phi) is 4.77. The first-order valence-electron chi connectivity index (χ1n) is 6.27. The lowest BCUT2D eigenvalue weighted by molar-refractivity contribution is 0.0917. The summed E-state index contributed by atoms with van der Waals surface area (Å²) in [7, 11) is 2.99. The zero-order valence-electron chi connectivity index (χ0n) is 11.8. The summed E-state index contributed by atoms with van der Waals surface area (Å²) in [4.78, 5) is 11.9. The van der Waals surface area contributed by atoms with Crippen molar-refractivity contribution in [1.29, 1.82) is 0 Å². The van der Waals surface area contributed by atoms with Crippen LogP contribution < -0.4 is 14.2 Å². The Morgan fingerprint density at radius 1 is 0.952 bits per heavy atom. The molecule has 0 unspecified atom stereocenters. The lowest BCUT2D eigenvalue weighted by Crippen LogP contribution is -2.13. The second kappa shape index (κ2) is 6.74. The molecular weight excluding hydrogens is 275 g/mol. The number of rotatable bonds is 6. The zero-order chi connectivity index (χ0) is 15.2. The van der Waals surface area contributed by atoms with Crippen LogP contribution in [0.15, 0.2) is 42.5 Å². The van der Waals surface area contributed by atoms with Crippen LogP contribution in [-0.2, 0) is 0 Å². The summed E-state index contributed by atoms with van der Waals surface area (Å²) in [6.45, 7) is -0.240. The number of Topliss-reactive ketones (excluding diaryl/α,β-unsaturated/α-hetero) is 1. The van der Waals surface area contributed by atoms with Gasteiger partial charge in [0.15, 0.2) is 6.61 Å². The zero-order valence-corrected chi connectivity index (χ0v) is 11.8.